The summed E-state index contributed by atoms with van der Waals surface area (Å²) in [6.45, 7) is 5.10. The molecular formula is C28H28F2N10O3. The number of fused-ring (bicyclic) bond motifs is 1. The number of halogens is 2. The van der Waals surface area contributed by atoms with E-state index in [1.807, 2.05) is 6.92 Å². The van der Waals surface area contributed by atoms with Gasteiger partial charge in [-0.2, -0.15) is 0 Å². The molecule has 0 aromatic carbocycles. The van der Waals surface area contributed by atoms with Crippen LogP contribution in [-0.4, -0.2) is 65.7 Å². The number of alkyl halides is 2. The average molecular weight is 591 g/mol. The third-order valence-corrected chi connectivity index (χ3v) is 7.47. The molecule has 2 fully saturated rings. The molecule has 222 valence electrons. The molecule has 4 amide bonds. The molecule has 2 N–H and O–H groups in total. The first-order valence-electron chi connectivity index (χ1n) is 13.6. The van der Waals surface area contributed by atoms with Crippen molar-refractivity contribution in [3.63, 3.8) is 0 Å². The van der Waals surface area contributed by atoms with E-state index < -0.39 is 24.4 Å². The minimum atomic E-state index is -2.80. The van der Waals surface area contributed by atoms with Gasteiger partial charge in [-0.15, -0.1) is 0 Å². The quantitative estimate of drug-likeness (QED) is 0.292. The summed E-state index contributed by atoms with van der Waals surface area (Å²) in [5, 5.41) is 6.07. The third-order valence-electron chi connectivity index (χ3n) is 7.47. The first kappa shape index (κ1) is 28.1. The van der Waals surface area contributed by atoms with Crippen molar-refractivity contribution in [3.8, 4) is 0 Å². The van der Waals surface area contributed by atoms with Gasteiger partial charge in [-0.25, -0.2) is 38.5 Å². The van der Waals surface area contributed by atoms with E-state index in [-0.39, 0.29) is 41.2 Å². The SMILES string of the molecule is Cc1ccnc(C2CC2C(=O)Nc2cc(N[C@H](C)c3cn4cc(C(F)F)cc(N5CC(=O)N(C)C5=O)c4n3)nc(C)n2)n1. The van der Waals surface area contributed by atoms with Crippen LogP contribution in [0.15, 0.2) is 36.8 Å². The molecule has 2 aliphatic rings. The zero-order chi connectivity index (χ0) is 30.6. The van der Waals surface area contributed by atoms with Gasteiger partial charge in [-0.05, 0) is 39.3 Å². The maximum absolute atomic E-state index is 13.7. The number of carbonyl (C=O) groups excluding carboxylic acids is 3. The number of nitrogens with one attached hydrogen (secondary N) is 2. The Labute approximate surface area is 244 Å². The summed E-state index contributed by atoms with van der Waals surface area (Å²) in [5.74, 6) is 0.878. The van der Waals surface area contributed by atoms with E-state index in [0.29, 0.717) is 35.4 Å². The Bertz CT molecular complexity index is 1780. The van der Waals surface area contributed by atoms with E-state index in [4.69, 9.17) is 0 Å². The first-order valence-corrected chi connectivity index (χ1v) is 13.6. The van der Waals surface area contributed by atoms with Crippen molar-refractivity contribution >= 4 is 40.8 Å². The third kappa shape index (κ3) is 5.45. The lowest BCUT2D eigenvalue weighted by atomic mass is 10.2. The van der Waals surface area contributed by atoms with Gasteiger partial charge in [0.25, 0.3) is 6.43 Å². The molecule has 4 aromatic rings. The molecule has 1 aliphatic heterocycles. The molecule has 3 atom stereocenters. The van der Waals surface area contributed by atoms with E-state index in [2.05, 4.69) is 35.6 Å². The number of aromatic nitrogens is 6. The van der Waals surface area contributed by atoms with Gasteiger partial charge in [0.15, 0.2) is 5.65 Å². The van der Waals surface area contributed by atoms with Gasteiger partial charge >= 0.3 is 6.03 Å². The minimum Gasteiger partial charge on any atom is -0.362 e. The molecular weight excluding hydrogens is 562 g/mol. The van der Waals surface area contributed by atoms with Gasteiger partial charge in [0, 0.05) is 54.8 Å². The number of anilines is 3. The summed E-state index contributed by atoms with van der Waals surface area (Å²) in [4.78, 5) is 61.9. The molecule has 5 heterocycles. The van der Waals surface area contributed by atoms with Crippen LogP contribution in [0.5, 0.6) is 0 Å². The smallest absolute Gasteiger partial charge is 0.331 e. The van der Waals surface area contributed by atoms with Gasteiger partial charge in [-0.1, -0.05) is 0 Å². The lowest BCUT2D eigenvalue weighted by molar-refractivity contribution is -0.124. The van der Waals surface area contributed by atoms with Crippen molar-refractivity contribution in [2.45, 2.75) is 45.6 Å². The molecule has 13 nitrogen and oxygen atoms in total. The summed E-state index contributed by atoms with van der Waals surface area (Å²) in [5.41, 5.74) is 1.35. The number of aryl methyl sites for hydroxylation is 2. The average Bonchev–Trinajstić information content (AvgIpc) is 3.58. The highest BCUT2D eigenvalue weighted by atomic mass is 19.3. The number of carbonyl (C=O) groups is 3. The van der Waals surface area contributed by atoms with Crippen LogP contribution in [0.4, 0.5) is 30.9 Å². The summed E-state index contributed by atoms with van der Waals surface area (Å²) >= 11 is 0. The number of pyridine rings is 1. The second-order valence-corrected chi connectivity index (χ2v) is 10.7. The van der Waals surface area contributed by atoms with Gasteiger partial charge in [0.1, 0.15) is 29.8 Å². The highest BCUT2D eigenvalue weighted by Gasteiger charge is 2.46. The predicted molar refractivity (Wildman–Crippen MR) is 151 cm³/mol. The van der Waals surface area contributed by atoms with Crippen molar-refractivity contribution in [2.24, 2.45) is 5.92 Å². The van der Waals surface area contributed by atoms with Crippen LogP contribution in [0.25, 0.3) is 5.65 Å². The van der Waals surface area contributed by atoms with Crippen molar-refractivity contribution in [2.75, 3.05) is 29.1 Å². The number of amides is 4. The monoisotopic (exact) mass is 590 g/mol. The summed E-state index contributed by atoms with van der Waals surface area (Å²) < 4.78 is 28.9. The topological polar surface area (TPSA) is 151 Å². The number of rotatable bonds is 8. The van der Waals surface area contributed by atoms with Crippen molar-refractivity contribution in [1.29, 1.82) is 0 Å². The van der Waals surface area contributed by atoms with E-state index in [1.54, 1.807) is 38.4 Å². The molecule has 43 heavy (non-hydrogen) atoms. The van der Waals surface area contributed by atoms with Crippen LogP contribution in [0.2, 0.25) is 0 Å². The molecule has 1 aliphatic carbocycles. The fourth-order valence-corrected chi connectivity index (χ4v) is 5.07. The lowest BCUT2D eigenvalue weighted by Gasteiger charge is -2.17. The number of hydrogen-bond acceptors (Lipinski definition) is 9. The zero-order valence-corrected chi connectivity index (χ0v) is 23.7. The second kappa shape index (κ2) is 10.6. The zero-order valence-electron chi connectivity index (χ0n) is 23.7. The molecule has 0 spiro atoms. The van der Waals surface area contributed by atoms with Crippen LogP contribution in [0, 0.1) is 19.8 Å². The first-order chi connectivity index (χ1) is 20.5. The number of likely N-dealkylation sites (N-methyl/N-ethyl adjacent to an activating group) is 1. The summed E-state index contributed by atoms with van der Waals surface area (Å²) in [6.07, 6.45) is 2.35. The number of imidazole rings is 1. The molecule has 4 aromatic heterocycles. The number of nitrogens with zero attached hydrogens (tertiary/aromatic N) is 8. The van der Waals surface area contributed by atoms with Crippen molar-refractivity contribution in [1.82, 2.24) is 34.2 Å². The maximum atomic E-state index is 13.7. The van der Waals surface area contributed by atoms with Crippen LogP contribution >= 0.6 is 0 Å². The molecule has 0 bridgehead atoms. The molecule has 0 radical (unpaired) electrons. The Morgan fingerprint density at radius 1 is 1.07 bits per heavy atom. The van der Waals surface area contributed by atoms with Gasteiger partial charge in [0.2, 0.25) is 11.8 Å². The fraction of sp³-hybridized carbons (Fsp3) is 0.357. The van der Waals surface area contributed by atoms with Crippen molar-refractivity contribution in [3.05, 3.63) is 65.4 Å². The normalized spacial score (nSPS) is 19.0. The van der Waals surface area contributed by atoms with E-state index in [9.17, 15) is 23.2 Å². The summed E-state index contributed by atoms with van der Waals surface area (Å²) in [7, 11) is 1.34. The Balaban J connectivity index is 1.21. The minimum absolute atomic E-state index is 0.0413. The second-order valence-electron chi connectivity index (χ2n) is 10.7. The van der Waals surface area contributed by atoms with Crippen LogP contribution < -0.4 is 15.5 Å². The Hall–Kier alpha value is -5.08. The summed E-state index contributed by atoms with van der Waals surface area (Å²) in [6, 6.07) is 3.50. The Morgan fingerprint density at radius 3 is 2.53 bits per heavy atom. The van der Waals surface area contributed by atoms with Gasteiger partial charge in [0.05, 0.1) is 17.4 Å². The predicted octanol–water partition coefficient (Wildman–Crippen LogP) is 3.78. The fourth-order valence-electron chi connectivity index (χ4n) is 5.07. The Kier molecular flexibility index (Phi) is 6.94. The van der Waals surface area contributed by atoms with Crippen LogP contribution in [0.3, 0.4) is 0 Å². The Morgan fingerprint density at radius 2 is 1.84 bits per heavy atom. The highest BCUT2D eigenvalue weighted by Crippen LogP contribution is 2.46. The molecule has 1 saturated heterocycles. The number of imide groups is 1. The van der Waals surface area contributed by atoms with Crippen LogP contribution in [0.1, 0.15) is 60.3 Å². The van der Waals surface area contributed by atoms with Gasteiger partial charge < -0.3 is 15.0 Å². The maximum Gasteiger partial charge on any atom is 0.331 e. The van der Waals surface area contributed by atoms with Gasteiger partial charge in [-0.3, -0.25) is 19.4 Å². The van der Waals surface area contributed by atoms with E-state index in [0.717, 1.165) is 15.5 Å². The van der Waals surface area contributed by atoms with Crippen LogP contribution in [-0.2, 0) is 9.59 Å². The molecule has 1 saturated carbocycles. The standard InChI is InChI=1S/C28H28F2N10O3/c1-13-5-6-31-25(32-13)17-8-18(17)27(42)37-22-9-21(34-15(3)35-22)33-14(2)19-11-39-10-16(24(29)30)7-20(26(39)36-19)40-12-23(41)38(4)28(40)43/h5-7,9-11,14,17-18,24H,8,12H2,1-4H3,(H2,33,34,35,37,42)/t14-,17?,18?/m1/s1. The lowest BCUT2D eigenvalue weighted by Crippen LogP contribution is -2.30. The molecule has 6 rings (SSSR count). The van der Waals surface area contributed by atoms with Crippen molar-refractivity contribution < 1.29 is 23.2 Å². The number of urea groups is 1. The van der Waals surface area contributed by atoms with E-state index >= 15 is 0 Å². The molecule has 15 heteroatoms. The molecule has 2 unspecified atom stereocenters. The number of hydrogen-bond donors (Lipinski definition) is 2. The van der Waals surface area contributed by atoms with E-state index in [1.165, 1.54) is 23.7 Å². The largest absolute Gasteiger partial charge is 0.362 e. The highest BCUT2D eigenvalue weighted by molar-refractivity contribution is 6.13.